The summed E-state index contributed by atoms with van der Waals surface area (Å²) < 4.78 is 9.28. The fourth-order valence-electron chi connectivity index (χ4n) is 4.25. The molecule has 2 aromatic carbocycles. The Labute approximate surface area is 195 Å². The minimum atomic E-state index is -0.165. The molecule has 2 aromatic heterocycles. The SMILES string of the molecule is C=CC(=O)N1CC[C@@H](n2c(=O)n(-c3ccc(Oc4ccc(Cl)cc4)cc3)c3cnccc32)C1. The highest BCUT2D eigenvalue weighted by Gasteiger charge is 2.29. The van der Waals surface area contributed by atoms with Gasteiger partial charge in [0.05, 0.1) is 29.0 Å². The first-order valence-corrected chi connectivity index (χ1v) is 10.9. The maximum atomic E-state index is 13.6. The predicted octanol–water partition coefficient (Wildman–Crippen LogP) is 4.59. The monoisotopic (exact) mass is 460 g/mol. The molecule has 0 aliphatic carbocycles. The molecular weight excluding hydrogens is 440 g/mol. The molecule has 1 amide bonds. The molecular formula is C25H21ClN4O3. The van der Waals surface area contributed by atoms with Crippen molar-refractivity contribution >= 4 is 28.5 Å². The van der Waals surface area contributed by atoms with Crippen molar-refractivity contribution in [2.45, 2.75) is 12.5 Å². The number of carbonyl (C=O) groups is 1. The Bertz CT molecular complexity index is 1390. The van der Waals surface area contributed by atoms with Gasteiger partial charge in [-0.2, -0.15) is 0 Å². The molecule has 5 rings (SSSR count). The van der Waals surface area contributed by atoms with Gasteiger partial charge in [-0.25, -0.2) is 4.79 Å². The summed E-state index contributed by atoms with van der Waals surface area (Å²) in [7, 11) is 0. The number of carbonyl (C=O) groups excluding carboxylic acids is 1. The Morgan fingerprint density at radius 3 is 2.45 bits per heavy atom. The van der Waals surface area contributed by atoms with Crippen molar-refractivity contribution in [2.75, 3.05) is 13.1 Å². The second-order valence-corrected chi connectivity index (χ2v) is 8.27. The summed E-state index contributed by atoms with van der Waals surface area (Å²) in [5.41, 5.74) is 2.04. The van der Waals surface area contributed by atoms with E-state index >= 15 is 0 Å². The van der Waals surface area contributed by atoms with E-state index in [4.69, 9.17) is 16.3 Å². The van der Waals surface area contributed by atoms with Gasteiger partial charge in [0.25, 0.3) is 0 Å². The van der Waals surface area contributed by atoms with Crippen molar-refractivity contribution < 1.29 is 9.53 Å². The van der Waals surface area contributed by atoms with Gasteiger partial charge in [-0.15, -0.1) is 0 Å². The summed E-state index contributed by atoms with van der Waals surface area (Å²) in [6.07, 6.45) is 5.38. The number of aromatic nitrogens is 3. The number of hydrogen-bond donors (Lipinski definition) is 0. The highest BCUT2D eigenvalue weighted by molar-refractivity contribution is 6.30. The van der Waals surface area contributed by atoms with Gasteiger partial charge in [0, 0.05) is 24.3 Å². The van der Waals surface area contributed by atoms with Crippen LogP contribution in [0.2, 0.25) is 5.02 Å². The molecule has 0 spiro atoms. The number of ether oxygens (including phenoxy) is 1. The maximum absolute atomic E-state index is 13.6. The summed E-state index contributed by atoms with van der Waals surface area (Å²) in [5.74, 6) is 1.20. The van der Waals surface area contributed by atoms with E-state index in [1.165, 1.54) is 6.08 Å². The average Bonchev–Trinajstić information content (AvgIpc) is 3.43. The Hall–Kier alpha value is -3.84. The van der Waals surface area contributed by atoms with Gasteiger partial charge < -0.3 is 9.64 Å². The number of amides is 1. The fraction of sp³-hybridized carbons (Fsp3) is 0.160. The minimum Gasteiger partial charge on any atom is -0.457 e. The van der Waals surface area contributed by atoms with Crippen LogP contribution in [0.15, 0.2) is 84.4 Å². The zero-order chi connectivity index (χ0) is 22.9. The van der Waals surface area contributed by atoms with Gasteiger partial charge in [-0.3, -0.25) is 18.9 Å². The van der Waals surface area contributed by atoms with Crippen LogP contribution in [-0.2, 0) is 4.79 Å². The molecule has 0 radical (unpaired) electrons. The van der Waals surface area contributed by atoms with Crippen molar-refractivity contribution in [3.05, 3.63) is 95.2 Å². The van der Waals surface area contributed by atoms with E-state index in [-0.39, 0.29) is 17.6 Å². The molecule has 0 N–H and O–H groups in total. The van der Waals surface area contributed by atoms with Gasteiger partial charge in [-0.1, -0.05) is 18.2 Å². The molecule has 0 saturated carbocycles. The highest BCUT2D eigenvalue weighted by Crippen LogP contribution is 2.28. The van der Waals surface area contributed by atoms with Crippen LogP contribution >= 0.6 is 11.6 Å². The number of halogens is 1. The second kappa shape index (κ2) is 8.60. The van der Waals surface area contributed by atoms with Gasteiger partial charge in [0.1, 0.15) is 11.5 Å². The van der Waals surface area contributed by atoms with E-state index in [1.54, 1.807) is 50.7 Å². The Morgan fingerprint density at radius 2 is 1.76 bits per heavy atom. The summed E-state index contributed by atoms with van der Waals surface area (Å²) >= 11 is 5.93. The molecule has 1 aliphatic heterocycles. The number of likely N-dealkylation sites (tertiary alicyclic amines) is 1. The van der Waals surface area contributed by atoms with E-state index in [2.05, 4.69) is 11.6 Å². The average molecular weight is 461 g/mol. The van der Waals surface area contributed by atoms with Gasteiger partial charge in [0.2, 0.25) is 5.91 Å². The number of imidazole rings is 1. The van der Waals surface area contributed by atoms with Gasteiger partial charge in [-0.05, 0) is 67.1 Å². The highest BCUT2D eigenvalue weighted by atomic mass is 35.5. The number of fused-ring (bicyclic) bond motifs is 1. The first-order valence-electron chi connectivity index (χ1n) is 10.6. The summed E-state index contributed by atoms with van der Waals surface area (Å²) in [5, 5.41) is 0.640. The lowest BCUT2D eigenvalue weighted by Gasteiger charge is -2.15. The number of hydrogen-bond acceptors (Lipinski definition) is 4. The maximum Gasteiger partial charge on any atom is 0.334 e. The largest absolute Gasteiger partial charge is 0.457 e. The number of benzene rings is 2. The first kappa shape index (κ1) is 21.0. The van der Waals surface area contributed by atoms with Crippen molar-refractivity contribution in [3.63, 3.8) is 0 Å². The van der Waals surface area contributed by atoms with Crippen LogP contribution in [0.1, 0.15) is 12.5 Å². The van der Waals surface area contributed by atoms with Crippen molar-refractivity contribution in [1.29, 1.82) is 0 Å². The molecule has 8 heteroatoms. The zero-order valence-electron chi connectivity index (χ0n) is 17.7. The van der Waals surface area contributed by atoms with Crippen LogP contribution in [0.4, 0.5) is 0 Å². The number of rotatable bonds is 5. The zero-order valence-corrected chi connectivity index (χ0v) is 18.5. The smallest absolute Gasteiger partial charge is 0.334 e. The molecule has 4 aromatic rings. The standard InChI is InChI=1S/C25H21ClN4O3/c1-2-24(31)28-14-12-19(16-28)30-22-11-13-27-15-23(22)29(25(30)32)18-5-9-21(10-6-18)33-20-7-3-17(26)4-8-20/h2-11,13,15,19H,1,12,14,16H2/t19-/m1/s1. The first-order chi connectivity index (χ1) is 16.0. The van der Waals surface area contributed by atoms with Crippen molar-refractivity contribution in [3.8, 4) is 17.2 Å². The second-order valence-electron chi connectivity index (χ2n) is 7.83. The Kier molecular flexibility index (Phi) is 5.48. The lowest BCUT2D eigenvalue weighted by molar-refractivity contribution is -0.125. The fourth-order valence-corrected chi connectivity index (χ4v) is 4.38. The van der Waals surface area contributed by atoms with Crippen LogP contribution < -0.4 is 10.4 Å². The minimum absolute atomic E-state index is 0.111. The quantitative estimate of drug-likeness (QED) is 0.408. The van der Waals surface area contributed by atoms with E-state index in [1.807, 2.05) is 30.3 Å². The Balaban J connectivity index is 1.49. The van der Waals surface area contributed by atoms with Crippen LogP contribution in [-0.4, -0.2) is 38.0 Å². The van der Waals surface area contributed by atoms with Crippen molar-refractivity contribution in [1.82, 2.24) is 19.0 Å². The van der Waals surface area contributed by atoms with Crippen LogP contribution in [0.3, 0.4) is 0 Å². The molecule has 7 nitrogen and oxygen atoms in total. The van der Waals surface area contributed by atoms with Gasteiger partial charge in [0.15, 0.2) is 0 Å². The summed E-state index contributed by atoms with van der Waals surface area (Å²) in [4.78, 5) is 31.5. The molecule has 0 bridgehead atoms. The lowest BCUT2D eigenvalue weighted by atomic mass is 10.2. The molecule has 1 atom stereocenters. The van der Waals surface area contributed by atoms with Crippen LogP contribution in [0, 0.1) is 0 Å². The summed E-state index contributed by atoms with van der Waals surface area (Å²) in [6, 6.07) is 16.1. The normalized spacial score (nSPS) is 15.7. The molecule has 33 heavy (non-hydrogen) atoms. The lowest BCUT2D eigenvalue weighted by Crippen LogP contribution is -2.31. The van der Waals surface area contributed by atoms with E-state index < -0.39 is 0 Å². The third-order valence-electron chi connectivity index (χ3n) is 5.83. The molecule has 0 unspecified atom stereocenters. The van der Waals surface area contributed by atoms with E-state index in [0.29, 0.717) is 47.2 Å². The van der Waals surface area contributed by atoms with Crippen molar-refractivity contribution in [2.24, 2.45) is 0 Å². The van der Waals surface area contributed by atoms with Crippen LogP contribution in [0.25, 0.3) is 16.7 Å². The molecule has 1 fully saturated rings. The van der Waals surface area contributed by atoms with E-state index in [0.717, 1.165) is 5.52 Å². The van der Waals surface area contributed by atoms with Crippen LogP contribution in [0.5, 0.6) is 11.5 Å². The summed E-state index contributed by atoms with van der Waals surface area (Å²) in [6.45, 7) is 4.63. The number of nitrogens with zero attached hydrogens (tertiary/aromatic N) is 4. The predicted molar refractivity (Wildman–Crippen MR) is 127 cm³/mol. The molecule has 1 aliphatic rings. The van der Waals surface area contributed by atoms with E-state index in [9.17, 15) is 9.59 Å². The Morgan fingerprint density at radius 1 is 1.06 bits per heavy atom. The molecule has 166 valence electrons. The molecule has 3 heterocycles. The third-order valence-corrected chi connectivity index (χ3v) is 6.09. The number of pyridine rings is 1. The van der Waals surface area contributed by atoms with Gasteiger partial charge >= 0.3 is 5.69 Å². The molecule has 1 saturated heterocycles. The third kappa shape index (κ3) is 3.91. The topological polar surface area (TPSA) is 69.4 Å².